The summed E-state index contributed by atoms with van der Waals surface area (Å²) in [7, 11) is -2.12. The number of aliphatic hydroxyl groups excluding tert-OH is 1. The van der Waals surface area contributed by atoms with Crippen molar-refractivity contribution >= 4 is 95.5 Å². The smallest absolute Gasteiger partial charge is 0.339 e. The van der Waals surface area contributed by atoms with Crippen LogP contribution in [-0.4, -0.2) is 105 Å². The van der Waals surface area contributed by atoms with Crippen LogP contribution in [0.5, 0.6) is 11.5 Å². The SMILES string of the molecule is C[C@@H]1OC(=O)c2ccc(F)cc21.Cl.F.Nc1ncc(Br)cc1O.[2H]C([2H])([2H])n1nc(CNC(=O)c2ccc(F)cc2[C@@H](C)Oc2cc(Br)cnc2N)cc1C#N.[2H]C([2H])([2H])n1nc(CNC(=O)c2ccc(F)cc2[C@H](C)O)cc1C#N.[2H]C([2H])([2H])n1nc(CNC(=O)c2ccc(F)cc2[C@H](C)OS(C)(=O)=O)cc1C#N.[2H]C([2H])([2H])n1nc(CNC)cc1[N+]#[C-].[HH]. The third-order valence-corrected chi connectivity index (χ3v) is 16.0. The van der Waals surface area contributed by atoms with Gasteiger partial charge in [-0.3, -0.25) is 37.3 Å². The average molecular weight is 1730 g/mol. The highest BCUT2D eigenvalue weighted by Gasteiger charge is 2.28. The number of rotatable bonds is 18. The van der Waals surface area contributed by atoms with Crippen LogP contribution in [0.15, 0.2) is 131 Å². The molecule has 592 valence electrons. The standard InChI is InChI=1S/C20H18BrFN6O2.C16H17FN4O4S.C15H15FN4O2.C9H7FO2.C7H10N4.C5H5BrN2O.ClH.FH.H2/c1-11(30-18-5-12(21)9-25-19(18)24)17-6-13(22)3-4-16(17)20(29)26-10-14-7-15(8-23)28(2)27-14;1-10(25-26(3,23)24)15-6-11(17)4-5-14(15)16(22)19-9-12-7-13(8-18)21(2)20-12;1-9(21)14-5-10(16)3-4-13(14)15(22)18-8-11-6-12(7-17)20(2)19-11;1-5-8-4-6(10)2-3-7(8)9(11)12-5;1-8-5-6-4-7(9-2)11(3)10-6;6-3-1-4(9)5(7)8-2-3;;;/h3-7,9,11H,10H2,1-2H3,(H2,24,25)(H,26,29);4-7,10H,9H2,1-3H3,(H,19,22);3-6,9,21H,8H2,1-2H3,(H,18,22);2-5H,1H3;4,8H,5H2,1,3H3;1-2,9H,(H2,7,8);3*1H/t11-;10-;9-;5-;;;;;/m1000...../s1/i3*2D3;;3D3;;;;. The number of halogens is 8. The number of hydrogen-bond donors (Lipinski definition) is 8. The zero-order valence-electron chi connectivity index (χ0n) is 71.2. The number of aryl methyl sites for hydroxylation is 4. The lowest BCUT2D eigenvalue weighted by molar-refractivity contribution is 0.0421. The van der Waals surface area contributed by atoms with E-state index in [1.807, 2.05) is 0 Å². The first-order valence-electron chi connectivity index (χ1n) is 37.4. The van der Waals surface area contributed by atoms with Crippen molar-refractivity contribution < 1.29 is 91.6 Å². The molecule has 10 aromatic rings. The first kappa shape index (κ1) is 73.9. The molecular weight excluding hydrogens is 1640 g/mol. The van der Waals surface area contributed by atoms with Crippen molar-refractivity contribution in [1.82, 2.24) is 70.4 Å². The Morgan fingerprint density at radius 1 is 0.661 bits per heavy atom. The molecule has 1 aliphatic heterocycles. The van der Waals surface area contributed by atoms with E-state index in [1.165, 1.54) is 99.0 Å². The molecule has 112 heavy (non-hydrogen) atoms. The number of nitriles is 3. The van der Waals surface area contributed by atoms with Crippen molar-refractivity contribution in [1.29, 1.82) is 15.8 Å². The number of nitrogens with one attached hydrogen (secondary N) is 4. The van der Waals surface area contributed by atoms with Crippen LogP contribution in [0.1, 0.15) is 174 Å². The predicted octanol–water partition coefficient (Wildman–Crippen LogP) is 10.8. The Bertz CT molecular complexity index is 5810. The van der Waals surface area contributed by atoms with Gasteiger partial charge < -0.3 is 57.3 Å². The molecule has 4 atom stereocenters. The number of cyclic esters (lactones) is 1. The van der Waals surface area contributed by atoms with Crippen LogP contribution in [0.4, 0.5) is 39.7 Å². The van der Waals surface area contributed by atoms with E-state index >= 15 is 0 Å². The molecule has 0 fully saturated rings. The number of ether oxygens (including phenoxy) is 2. The highest BCUT2D eigenvalue weighted by Crippen LogP contribution is 2.33. The van der Waals surface area contributed by atoms with Gasteiger partial charge in [0.25, 0.3) is 33.7 Å². The second kappa shape index (κ2) is 42.7. The summed E-state index contributed by atoms with van der Waals surface area (Å²) in [5.41, 5.74) is 13.3. The molecule has 0 spiro atoms. The Morgan fingerprint density at radius 2 is 1.06 bits per heavy atom. The number of carbonyl (C=O) groups excluding carboxylic acids is 4. The van der Waals surface area contributed by atoms with E-state index in [4.69, 9.17) is 69.0 Å². The largest absolute Gasteiger partial charge is 0.504 e. The molecule has 10 N–H and O–H groups in total. The molecule has 6 aromatic heterocycles. The normalized spacial score (nSPS) is 14.2. The number of nitrogen functional groups attached to an aromatic ring is 2. The zero-order chi connectivity index (χ0) is 91.4. The number of aromatic nitrogens is 10. The molecule has 0 aliphatic carbocycles. The average Bonchev–Trinajstić information content (AvgIpc) is 1.79. The maximum Gasteiger partial charge on any atom is 0.339 e. The summed E-state index contributed by atoms with van der Waals surface area (Å²) in [5, 5.41) is 71.3. The van der Waals surface area contributed by atoms with Gasteiger partial charge in [0.1, 0.15) is 76.9 Å². The molecule has 40 heteroatoms. The molecule has 4 aromatic carbocycles. The zero-order valence-corrected chi connectivity index (χ0v) is 64.0. The van der Waals surface area contributed by atoms with E-state index in [-0.39, 0.29) is 153 Å². The van der Waals surface area contributed by atoms with Crippen LogP contribution in [-0.2, 0) is 73.1 Å². The number of amides is 3. The summed E-state index contributed by atoms with van der Waals surface area (Å²) in [4.78, 5) is 59.4. The molecule has 0 unspecified atom stereocenters. The number of benzene rings is 4. The van der Waals surface area contributed by atoms with E-state index in [0.717, 1.165) is 41.3 Å². The third-order valence-electron chi connectivity index (χ3n) is 14.5. The van der Waals surface area contributed by atoms with Gasteiger partial charge in [-0.15, -0.1) is 17.5 Å². The Kier molecular flexibility index (Phi) is 28.2. The van der Waals surface area contributed by atoms with Crippen molar-refractivity contribution in [2.45, 2.75) is 78.3 Å². The molecule has 7 heterocycles. The van der Waals surface area contributed by atoms with E-state index < -0.39 is 91.5 Å². The number of nitrogens with two attached hydrogens (primary N) is 2. The number of hydrogen-bond acceptors (Lipinski definition) is 23. The first-order valence-corrected chi connectivity index (χ1v) is 34.8. The Labute approximate surface area is 680 Å². The molecule has 0 radical (unpaired) electrons. The molecule has 0 bridgehead atoms. The van der Waals surface area contributed by atoms with Crippen molar-refractivity contribution in [3.8, 4) is 29.7 Å². The number of esters is 1. The maximum atomic E-state index is 14.0. The summed E-state index contributed by atoms with van der Waals surface area (Å²) in [6.07, 6.45) is 0.603. The Morgan fingerprint density at radius 3 is 1.46 bits per heavy atom. The van der Waals surface area contributed by atoms with E-state index in [0.29, 0.717) is 46.4 Å². The van der Waals surface area contributed by atoms with E-state index in [9.17, 15) is 50.3 Å². The molecule has 31 nitrogen and oxygen atoms in total. The predicted molar refractivity (Wildman–Crippen MR) is 409 cm³/mol. The lowest BCUT2D eigenvalue weighted by Gasteiger charge is -2.19. The lowest BCUT2D eigenvalue weighted by Crippen LogP contribution is -2.25. The van der Waals surface area contributed by atoms with Gasteiger partial charge in [-0.2, -0.15) is 39.5 Å². The summed E-state index contributed by atoms with van der Waals surface area (Å²) in [6, 6.07) is 27.8. The summed E-state index contributed by atoms with van der Waals surface area (Å²) < 4.78 is 183. The quantitative estimate of drug-likeness (QED) is 0.0171. The Hall–Kier alpha value is -12.2. The minimum atomic E-state index is -3.85. The van der Waals surface area contributed by atoms with Gasteiger partial charge in [0, 0.05) is 90.4 Å². The van der Waals surface area contributed by atoms with Gasteiger partial charge in [-0.1, -0.05) is 6.57 Å². The van der Waals surface area contributed by atoms with Gasteiger partial charge in [0.2, 0.25) is 0 Å². The minimum absolute atomic E-state index is 0. The number of anilines is 2. The molecular formula is C72H76Br2ClF5N20O11S. The second-order valence-corrected chi connectivity index (χ2v) is 26.1. The van der Waals surface area contributed by atoms with Crippen molar-refractivity contribution in [2.24, 2.45) is 27.9 Å². The summed E-state index contributed by atoms with van der Waals surface area (Å²) in [5.74, 6) is -3.79. The summed E-state index contributed by atoms with van der Waals surface area (Å²) >= 11 is 6.39. The molecule has 0 saturated heterocycles. The second-order valence-electron chi connectivity index (χ2n) is 22.7. The molecule has 11 rings (SSSR count). The topological polar surface area (TPSA) is 444 Å². The van der Waals surface area contributed by atoms with Gasteiger partial charge in [-0.05, 0) is 187 Å². The highest BCUT2D eigenvalue weighted by molar-refractivity contribution is 9.10. The van der Waals surface area contributed by atoms with Gasteiger partial charge in [-0.25, -0.2) is 37.0 Å². The van der Waals surface area contributed by atoms with Gasteiger partial charge in [0.15, 0.2) is 23.1 Å². The van der Waals surface area contributed by atoms with Crippen molar-refractivity contribution in [3.05, 3.63) is 250 Å². The number of fused-ring (bicyclic) bond motifs is 1. The van der Waals surface area contributed by atoms with Gasteiger partial charge >= 0.3 is 5.97 Å². The summed E-state index contributed by atoms with van der Waals surface area (Å²) in [6.45, 7) is 2.59. The molecule has 3 amide bonds. The van der Waals surface area contributed by atoms with E-state index in [2.05, 4.69) is 88.3 Å². The van der Waals surface area contributed by atoms with Crippen molar-refractivity contribution in [3.63, 3.8) is 0 Å². The fraction of sp³-hybridized carbons (Fsp3) is 0.250. The number of aliphatic hydroxyl groups is 1. The third kappa shape index (κ3) is 26.8. The molecule has 1 aliphatic rings. The van der Waals surface area contributed by atoms with Crippen LogP contribution in [0, 0.1) is 63.8 Å². The lowest BCUT2D eigenvalue weighted by atomic mass is 10.0. The van der Waals surface area contributed by atoms with Crippen LogP contribution >= 0.6 is 44.3 Å². The van der Waals surface area contributed by atoms with Gasteiger partial charge in [0.05, 0.1) is 71.4 Å². The number of nitrogens with zero attached hydrogens (tertiary/aromatic N) is 14. The first-order chi connectivity index (χ1) is 56.8. The fourth-order valence-corrected chi connectivity index (χ4v) is 10.7. The fourth-order valence-electron chi connectivity index (χ4n) is 9.47. The van der Waals surface area contributed by atoms with Crippen LogP contribution in [0.3, 0.4) is 0 Å². The van der Waals surface area contributed by atoms with Crippen LogP contribution in [0.2, 0.25) is 0 Å². The number of aromatic hydroxyl groups is 1. The maximum absolute atomic E-state index is 14.0. The number of carbonyl (C=O) groups is 4. The van der Waals surface area contributed by atoms with E-state index in [1.54, 1.807) is 45.2 Å². The Balaban J connectivity index is 0.000000404. The minimum Gasteiger partial charge on any atom is -0.504 e. The number of pyridine rings is 2. The molecule has 0 saturated carbocycles. The van der Waals surface area contributed by atoms with Crippen molar-refractivity contribution in [2.75, 3.05) is 24.8 Å². The highest BCUT2D eigenvalue weighted by atomic mass is 79.9. The van der Waals surface area contributed by atoms with Crippen LogP contribution in [0.25, 0.3) is 4.85 Å². The monoisotopic (exact) mass is 1730 g/mol. The van der Waals surface area contributed by atoms with Crippen LogP contribution < -0.4 is 37.5 Å².